The van der Waals surface area contributed by atoms with Crippen LogP contribution in [0.15, 0.2) is 60.7 Å². The summed E-state index contributed by atoms with van der Waals surface area (Å²) in [5.74, 6) is 2.19. The van der Waals surface area contributed by atoms with E-state index < -0.39 is 5.41 Å². The first-order chi connectivity index (χ1) is 16.2. The van der Waals surface area contributed by atoms with E-state index in [-0.39, 0.29) is 5.91 Å². The minimum atomic E-state index is -0.825. The molecule has 8 nitrogen and oxygen atoms in total. The van der Waals surface area contributed by atoms with Crippen molar-refractivity contribution < 1.29 is 14.3 Å². The van der Waals surface area contributed by atoms with Crippen molar-refractivity contribution >= 4 is 11.6 Å². The molecule has 1 amide bonds. The average molecular weight is 437 g/mol. The molecule has 0 aliphatic carbocycles. The summed E-state index contributed by atoms with van der Waals surface area (Å²) in [6, 6.07) is 20.0. The Morgan fingerprint density at radius 3 is 2.73 bits per heavy atom. The summed E-state index contributed by atoms with van der Waals surface area (Å²) in [5.41, 5.74) is 5.07. The second-order valence-corrected chi connectivity index (χ2v) is 8.59. The second-order valence-electron chi connectivity index (χ2n) is 8.59. The average Bonchev–Trinajstić information content (AvgIpc) is 3.64. The van der Waals surface area contributed by atoms with Crippen molar-refractivity contribution in [1.29, 1.82) is 0 Å². The molecule has 1 unspecified atom stereocenters. The molecule has 1 N–H and O–H groups in total. The van der Waals surface area contributed by atoms with E-state index in [0.29, 0.717) is 25.6 Å². The molecule has 1 spiro atoms. The van der Waals surface area contributed by atoms with Crippen LogP contribution in [0.25, 0.3) is 11.4 Å². The second kappa shape index (κ2) is 6.65. The van der Waals surface area contributed by atoms with Crippen molar-refractivity contribution in [2.75, 3.05) is 18.1 Å². The molecular formula is C25H19N5O3. The van der Waals surface area contributed by atoms with Gasteiger partial charge in [0, 0.05) is 29.3 Å². The molecule has 33 heavy (non-hydrogen) atoms. The number of H-pyrrole nitrogens is 1. The van der Waals surface area contributed by atoms with Crippen molar-refractivity contribution in [3.63, 3.8) is 0 Å². The molecule has 3 aromatic carbocycles. The van der Waals surface area contributed by atoms with E-state index in [0.717, 1.165) is 51.4 Å². The van der Waals surface area contributed by atoms with Gasteiger partial charge < -0.3 is 14.4 Å². The van der Waals surface area contributed by atoms with Gasteiger partial charge in [0.25, 0.3) is 0 Å². The van der Waals surface area contributed by atoms with Gasteiger partial charge >= 0.3 is 0 Å². The minimum absolute atomic E-state index is 0.0450. The maximum atomic E-state index is 14.1. The first kappa shape index (κ1) is 18.4. The molecule has 162 valence electrons. The number of carbonyl (C=O) groups is 1. The number of anilines is 1. The highest BCUT2D eigenvalue weighted by Crippen LogP contribution is 2.54. The lowest BCUT2D eigenvalue weighted by Gasteiger charge is -2.23. The van der Waals surface area contributed by atoms with Crippen molar-refractivity contribution in [3.05, 3.63) is 82.9 Å². The number of nitrogens with one attached hydrogen (secondary N) is 1. The fraction of sp³-hybridized carbons (Fsp3) is 0.200. The Balaban J connectivity index is 1.29. The largest absolute Gasteiger partial charge is 0.493 e. The predicted octanol–water partition coefficient (Wildman–Crippen LogP) is 3.03. The van der Waals surface area contributed by atoms with Crippen molar-refractivity contribution in [2.24, 2.45) is 0 Å². The molecule has 0 saturated heterocycles. The third-order valence-corrected chi connectivity index (χ3v) is 6.86. The lowest BCUT2D eigenvalue weighted by Crippen LogP contribution is -2.42. The summed E-state index contributed by atoms with van der Waals surface area (Å²) in [5, 5.41) is 14.1. The molecular weight excluding hydrogens is 418 g/mol. The normalized spacial score (nSPS) is 19.9. The highest BCUT2D eigenvalue weighted by molar-refractivity contribution is 6.11. The molecule has 4 aromatic rings. The monoisotopic (exact) mass is 437 g/mol. The number of hydrogen-bond acceptors (Lipinski definition) is 6. The van der Waals surface area contributed by atoms with Crippen LogP contribution in [0.4, 0.5) is 5.69 Å². The smallest absolute Gasteiger partial charge is 0.246 e. The van der Waals surface area contributed by atoms with Crippen LogP contribution >= 0.6 is 0 Å². The van der Waals surface area contributed by atoms with Gasteiger partial charge in [-0.15, -0.1) is 10.2 Å². The Bertz CT molecular complexity index is 1400. The summed E-state index contributed by atoms with van der Waals surface area (Å²) >= 11 is 0. The molecule has 0 radical (unpaired) electrons. The van der Waals surface area contributed by atoms with Crippen molar-refractivity contribution in [1.82, 2.24) is 20.6 Å². The van der Waals surface area contributed by atoms with Crippen LogP contribution < -0.4 is 14.4 Å². The van der Waals surface area contributed by atoms with Crippen LogP contribution in [-0.4, -0.2) is 39.7 Å². The van der Waals surface area contributed by atoms with E-state index in [2.05, 4.69) is 32.8 Å². The lowest BCUT2D eigenvalue weighted by molar-refractivity contribution is -0.122. The quantitative estimate of drug-likeness (QED) is 0.530. The number of tetrazole rings is 1. The SMILES string of the molecule is O=C1N(Cc2ccc(-c3nn[nH]n3)cc2)c2ccccc2C12COc1cc3c(cc12)CCO3. The van der Waals surface area contributed by atoms with Gasteiger partial charge in [0.1, 0.15) is 23.5 Å². The molecule has 0 saturated carbocycles. The zero-order valence-electron chi connectivity index (χ0n) is 17.6. The Labute approximate surface area is 189 Å². The van der Waals surface area contributed by atoms with Crippen LogP contribution in [0.2, 0.25) is 0 Å². The number of para-hydroxylation sites is 1. The van der Waals surface area contributed by atoms with Gasteiger partial charge in [0.2, 0.25) is 11.7 Å². The van der Waals surface area contributed by atoms with Gasteiger partial charge in [-0.25, -0.2) is 0 Å². The highest BCUT2D eigenvalue weighted by Gasteiger charge is 2.57. The predicted molar refractivity (Wildman–Crippen MR) is 119 cm³/mol. The Morgan fingerprint density at radius 2 is 1.88 bits per heavy atom. The van der Waals surface area contributed by atoms with Gasteiger partial charge in [-0.3, -0.25) is 4.79 Å². The lowest BCUT2D eigenvalue weighted by atomic mass is 9.76. The summed E-state index contributed by atoms with van der Waals surface area (Å²) in [4.78, 5) is 16.0. The number of aromatic nitrogens is 4. The summed E-state index contributed by atoms with van der Waals surface area (Å²) < 4.78 is 11.8. The van der Waals surface area contributed by atoms with Crippen LogP contribution in [0.1, 0.15) is 22.3 Å². The zero-order chi connectivity index (χ0) is 22.0. The number of aromatic amines is 1. The van der Waals surface area contributed by atoms with Gasteiger partial charge in [0.05, 0.1) is 13.2 Å². The van der Waals surface area contributed by atoms with Crippen LogP contribution in [0, 0.1) is 0 Å². The first-order valence-electron chi connectivity index (χ1n) is 10.9. The van der Waals surface area contributed by atoms with E-state index in [1.165, 1.54) is 0 Å². The number of rotatable bonds is 3. The third kappa shape index (κ3) is 2.51. The van der Waals surface area contributed by atoms with E-state index in [1.54, 1.807) is 0 Å². The summed E-state index contributed by atoms with van der Waals surface area (Å²) in [6.45, 7) is 1.43. The van der Waals surface area contributed by atoms with Gasteiger partial charge in [-0.05, 0) is 34.0 Å². The molecule has 8 heteroatoms. The molecule has 0 fully saturated rings. The molecule has 3 aliphatic heterocycles. The van der Waals surface area contributed by atoms with Crippen LogP contribution in [-0.2, 0) is 23.2 Å². The summed E-state index contributed by atoms with van der Waals surface area (Å²) in [6.07, 6.45) is 0.852. The highest BCUT2D eigenvalue weighted by atomic mass is 16.5. The maximum absolute atomic E-state index is 14.1. The number of carbonyl (C=O) groups excluding carboxylic acids is 1. The number of benzene rings is 3. The van der Waals surface area contributed by atoms with Crippen molar-refractivity contribution in [2.45, 2.75) is 18.4 Å². The Kier molecular flexibility index (Phi) is 3.70. The topological polar surface area (TPSA) is 93.2 Å². The molecule has 7 rings (SSSR count). The Morgan fingerprint density at radius 1 is 1.00 bits per heavy atom. The van der Waals surface area contributed by atoms with Gasteiger partial charge in [0.15, 0.2) is 0 Å². The Hall–Kier alpha value is -4.20. The molecule has 1 aromatic heterocycles. The van der Waals surface area contributed by atoms with E-state index in [1.807, 2.05) is 53.4 Å². The molecule has 3 aliphatic rings. The van der Waals surface area contributed by atoms with Gasteiger partial charge in [-0.2, -0.15) is 5.21 Å². The third-order valence-electron chi connectivity index (χ3n) is 6.86. The van der Waals surface area contributed by atoms with Crippen LogP contribution in [0.3, 0.4) is 0 Å². The van der Waals surface area contributed by atoms with E-state index >= 15 is 0 Å². The first-order valence-corrected chi connectivity index (χ1v) is 10.9. The van der Waals surface area contributed by atoms with Crippen LogP contribution in [0.5, 0.6) is 11.5 Å². The fourth-order valence-electron chi connectivity index (χ4n) is 5.23. The fourth-order valence-corrected chi connectivity index (χ4v) is 5.23. The molecule has 4 heterocycles. The molecule has 0 bridgehead atoms. The number of fused-ring (bicyclic) bond motifs is 5. The number of hydrogen-bond donors (Lipinski definition) is 1. The standard InChI is InChI=1S/C25H19N5O3/c31-24-25(14-33-22-12-21-17(9-10-32-21)11-19(22)25)18-3-1-2-4-20(18)30(24)13-15-5-7-16(8-6-15)23-26-28-29-27-23/h1-8,11-12H,9-10,13-14H2,(H,26,27,28,29). The van der Waals surface area contributed by atoms with E-state index in [9.17, 15) is 4.79 Å². The van der Waals surface area contributed by atoms with E-state index in [4.69, 9.17) is 9.47 Å². The number of ether oxygens (including phenoxy) is 2. The van der Waals surface area contributed by atoms with Gasteiger partial charge in [-0.1, -0.05) is 42.5 Å². The van der Waals surface area contributed by atoms with Crippen molar-refractivity contribution in [3.8, 4) is 22.9 Å². The summed E-state index contributed by atoms with van der Waals surface area (Å²) in [7, 11) is 0. The minimum Gasteiger partial charge on any atom is -0.493 e. The number of nitrogens with zero attached hydrogens (tertiary/aromatic N) is 4. The number of amides is 1. The maximum Gasteiger partial charge on any atom is 0.246 e. The zero-order valence-corrected chi connectivity index (χ0v) is 17.6. The molecule has 1 atom stereocenters.